The van der Waals surface area contributed by atoms with E-state index in [4.69, 9.17) is 0 Å². The number of pyridine rings is 1. The maximum Gasteiger partial charge on any atom is 0.138 e. The van der Waals surface area contributed by atoms with E-state index >= 15 is 0 Å². The van der Waals surface area contributed by atoms with Crippen LogP contribution >= 0.6 is 22.6 Å². The second-order valence-corrected chi connectivity index (χ2v) is 5.58. The van der Waals surface area contributed by atoms with Crippen LogP contribution in [-0.2, 0) is 0 Å². The largest absolute Gasteiger partial charge is 0.292 e. The molecule has 4 rings (SSSR count). The molecule has 0 spiro atoms. The van der Waals surface area contributed by atoms with E-state index in [2.05, 4.69) is 86.6 Å². The average molecular weight is 344 g/mol. The molecule has 2 aromatic heterocycles. The summed E-state index contributed by atoms with van der Waals surface area (Å²) in [7, 11) is 0. The van der Waals surface area contributed by atoms with Crippen LogP contribution < -0.4 is 0 Å². The summed E-state index contributed by atoms with van der Waals surface area (Å²) >= 11 is 2.34. The molecule has 0 radical (unpaired) electrons. The number of halogens is 1. The first kappa shape index (κ1) is 10.3. The highest BCUT2D eigenvalue weighted by Gasteiger charge is 2.07. The van der Waals surface area contributed by atoms with Gasteiger partial charge in [0.15, 0.2) is 0 Å². The van der Waals surface area contributed by atoms with Gasteiger partial charge in [0.1, 0.15) is 5.65 Å². The number of nitrogens with zero attached hydrogens (tertiary/aromatic N) is 2. The molecule has 4 aromatic rings. The Kier molecular flexibility index (Phi) is 2.11. The minimum Gasteiger partial charge on any atom is -0.292 e. The van der Waals surface area contributed by atoms with E-state index in [9.17, 15) is 0 Å². The van der Waals surface area contributed by atoms with Crippen molar-refractivity contribution in [3.05, 3.63) is 58.2 Å². The number of hydrogen-bond donors (Lipinski definition) is 0. The number of aromatic nitrogens is 2. The van der Waals surface area contributed by atoms with Crippen molar-refractivity contribution >= 4 is 50.2 Å². The normalized spacial score (nSPS) is 11.6. The van der Waals surface area contributed by atoms with E-state index < -0.39 is 0 Å². The molecule has 0 bridgehead atoms. The molecular weight excluding hydrogens is 335 g/mol. The van der Waals surface area contributed by atoms with E-state index in [1.807, 2.05) is 0 Å². The second-order valence-electron chi connectivity index (χ2n) is 4.33. The van der Waals surface area contributed by atoms with E-state index in [-0.39, 0.29) is 0 Å². The van der Waals surface area contributed by atoms with Crippen LogP contribution in [0.15, 0.2) is 54.6 Å². The Morgan fingerprint density at radius 2 is 1.78 bits per heavy atom. The molecule has 0 unspecified atom stereocenters. The van der Waals surface area contributed by atoms with Crippen molar-refractivity contribution < 1.29 is 0 Å². The Labute approximate surface area is 117 Å². The Balaban J connectivity index is 2.35. The van der Waals surface area contributed by atoms with Gasteiger partial charge in [-0.2, -0.15) is 0 Å². The zero-order valence-corrected chi connectivity index (χ0v) is 11.6. The number of imidazole rings is 1. The second kappa shape index (κ2) is 3.68. The highest BCUT2D eigenvalue weighted by molar-refractivity contribution is 14.1. The molecule has 2 nitrogen and oxygen atoms in total. The molecular formula is C15H9IN2. The van der Waals surface area contributed by atoms with Crippen molar-refractivity contribution in [2.45, 2.75) is 0 Å². The lowest BCUT2D eigenvalue weighted by Crippen LogP contribution is -1.87. The molecule has 2 heterocycles. The summed E-state index contributed by atoms with van der Waals surface area (Å²) in [6.45, 7) is 0. The summed E-state index contributed by atoms with van der Waals surface area (Å²) in [4.78, 5) is 4.67. The standard InChI is InChI=1S/C15H9IN2/c16-11-6-7-12-14(9-11)18-13-4-2-1-3-10(13)5-8-15(18)17-12/h1-9H. The molecule has 3 heteroatoms. The fourth-order valence-electron chi connectivity index (χ4n) is 2.43. The van der Waals surface area contributed by atoms with E-state index in [1.54, 1.807) is 0 Å². The molecule has 0 amide bonds. The van der Waals surface area contributed by atoms with Crippen molar-refractivity contribution in [2.24, 2.45) is 0 Å². The fraction of sp³-hybridized carbons (Fsp3) is 0. The summed E-state index contributed by atoms with van der Waals surface area (Å²) < 4.78 is 3.46. The molecule has 0 atom stereocenters. The smallest absolute Gasteiger partial charge is 0.138 e. The Hall–Kier alpha value is -1.62. The van der Waals surface area contributed by atoms with Crippen LogP contribution in [0.1, 0.15) is 0 Å². The van der Waals surface area contributed by atoms with Crippen LogP contribution in [-0.4, -0.2) is 9.38 Å². The van der Waals surface area contributed by atoms with Gasteiger partial charge < -0.3 is 0 Å². The van der Waals surface area contributed by atoms with Gasteiger partial charge in [-0.3, -0.25) is 4.40 Å². The van der Waals surface area contributed by atoms with E-state index in [0.717, 1.165) is 11.2 Å². The first-order chi connectivity index (χ1) is 8.83. The lowest BCUT2D eigenvalue weighted by Gasteiger charge is -2.02. The third-order valence-electron chi connectivity index (χ3n) is 3.23. The minimum absolute atomic E-state index is 1.01. The average Bonchev–Trinajstić information content (AvgIpc) is 2.77. The van der Waals surface area contributed by atoms with Crippen molar-refractivity contribution in [2.75, 3.05) is 0 Å². The van der Waals surface area contributed by atoms with Gasteiger partial charge in [0.25, 0.3) is 0 Å². The maximum atomic E-state index is 4.67. The van der Waals surface area contributed by atoms with E-state index in [1.165, 1.54) is 20.0 Å². The molecule has 0 saturated carbocycles. The lowest BCUT2D eigenvalue weighted by atomic mass is 10.2. The molecule has 0 aliphatic carbocycles. The van der Waals surface area contributed by atoms with Gasteiger partial charge in [-0.15, -0.1) is 0 Å². The van der Waals surface area contributed by atoms with Gasteiger partial charge in [-0.05, 0) is 64.4 Å². The predicted octanol–water partition coefficient (Wildman–Crippen LogP) is 4.25. The summed E-state index contributed by atoms with van der Waals surface area (Å²) in [6.07, 6.45) is 0. The molecule has 0 fully saturated rings. The van der Waals surface area contributed by atoms with Crippen LogP contribution in [0.4, 0.5) is 0 Å². The summed E-state index contributed by atoms with van der Waals surface area (Å²) in [5, 5.41) is 1.24. The van der Waals surface area contributed by atoms with Gasteiger partial charge in [-0.1, -0.05) is 18.2 Å². The van der Waals surface area contributed by atoms with Crippen molar-refractivity contribution in [3.63, 3.8) is 0 Å². The van der Waals surface area contributed by atoms with Gasteiger partial charge in [0.2, 0.25) is 0 Å². The number of rotatable bonds is 0. The first-order valence-electron chi connectivity index (χ1n) is 5.78. The quantitative estimate of drug-likeness (QED) is 0.436. The minimum atomic E-state index is 1.01. The molecule has 18 heavy (non-hydrogen) atoms. The number of benzene rings is 2. The SMILES string of the molecule is Ic1ccc2nc3ccc4ccccc4n3c2c1. The van der Waals surface area contributed by atoms with Gasteiger partial charge in [-0.25, -0.2) is 4.98 Å². The molecule has 0 aliphatic rings. The van der Waals surface area contributed by atoms with Gasteiger partial charge in [0.05, 0.1) is 16.6 Å². The van der Waals surface area contributed by atoms with Crippen molar-refractivity contribution in [3.8, 4) is 0 Å². The summed E-state index contributed by atoms with van der Waals surface area (Å²) in [5.74, 6) is 0. The van der Waals surface area contributed by atoms with Crippen LogP contribution in [0.2, 0.25) is 0 Å². The van der Waals surface area contributed by atoms with Crippen LogP contribution in [0.25, 0.3) is 27.6 Å². The number of fused-ring (bicyclic) bond motifs is 5. The summed E-state index contributed by atoms with van der Waals surface area (Å²) in [5.41, 5.74) is 4.44. The Morgan fingerprint density at radius 3 is 2.72 bits per heavy atom. The Morgan fingerprint density at radius 1 is 0.889 bits per heavy atom. The zero-order valence-electron chi connectivity index (χ0n) is 9.47. The van der Waals surface area contributed by atoms with Crippen LogP contribution in [0.3, 0.4) is 0 Å². The third kappa shape index (κ3) is 1.37. The fourth-order valence-corrected chi connectivity index (χ4v) is 2.90. The molecule has 0 aliphatic heterocycles. The van der Waals surface area contributed by atoms with Crippen LogP contribution in [0.5, 0.6) is 0 Å². The Bertz CT molecular complexity index is 893. The maximum absolute atomic E-state index is 4.67. The van der Waals surface area contributed by atoms with Crippen molar-refractivity contribution in [1.82, 2.24) is 9.38 Å². The summed E-state index contributed by atoms with van der Waals surface area (Å²) in [6, 6.07) is 19.0. The topological polar surface area (TPSA) is 17.3 Å². The lowest BCUT2D eigenvalue weighted by molar-refractivity contribution is 1.30. The highest BCUT2D eigenvalue weighted by Crippen LogP contribution is 2.24. The molecule has 0 N–H and O–H groups in total. The molecule has 86 valence electrons. The monoisotopic (exact) mass is 344 g/mol. The van der Waals surface area contributed by atoms with Crippen molar-refractivity contribution in [1.29, 1.82) is 0 Å². The number of hydrogen-bond acceptors (Lipinski definition) is 1. The number of para-hydroxylation sites is 1. The van der Waals surface area contributed by atoms with Gasteiger partial charge >= 0.3 is 0 Å². The molecule has 2 aromatic carbocycles. The molecule has 0 saturated heterocycles. The van der Waals surface area contributed by atoms with Crippen LogP contribution in [0, 0.1) is 3.57 Å². The highest BCUT2D eigenvalue weighted by atomic mass is 127. The third-order valence-corrected chi connectivity index (χ3v) is 3.90. The first-order valence-corrected chi connectivity index (χ1v) is 6.86. The predicted molar refractivity (Wildman–Crippen MR) is 82.9 cm³/mol. The van der Waals surface area contributed by atoms with E-state index in [0.29, 0.717) is 0 Å². The van der Waals surface area contributed by atoms with Gasteiger partial charge in [0, 0.05) is 3.57 Å². The zero-order chi connectivity index (χ0) is 12.1.